The van der Waals surface area contributed by atoms with Crippen molar-refractivity contribution >= 4 is 18.3 Å². The van der Waals surface area contributed by atoms with Gasteiger partial charge in [-0.1, -0.05) is 25.1 Å². The second-order valence-corrected chi connectivity index (χ2v) is 5.13. The zero-order valence-corrected chi connectivity index (χ0v) is 13.5. The Kier molecular flexibility index (Phi) is 7.54. The normalized spacial score (nSPS) is 18.7. The molecule has 1 aliphatic rings. The van der Waals surface area contributed by atoms with Gasteiger partial charge in [0.05, 0.1) is 18.6 Å². The monoisotopic (exact) mass is 312 g/mol. The molecule has 1 aromatic carbocycles. The summed E-state index contributed by atoms with van der Waals surface area (Å²) in [6.07, 6.45) is 1.78. The smallest absolute Gasteiger partial charge is 0.224 e. The van der Waals surface area contributed by atoms with Crippen LogP contribution >= 0.6 is 12.4 Å². The van der Waals surface area contributed by atoms with E-state index in [1.165, 1.54) is 0 Å². The lowest BCUT2D eigenvalue weighted by atomic mass is 10.0. The van der Waals surface area contributed by atoms with Crippen LogP contribution in [0.2, 0.25) is 0 Å². The number of carbonyl (C=O) groups is 1. The molecule has 5 heteroatoms. The predicted octanol–water partition coefficient (Wildman–Crippen LogP) is 2.68. The largest absolute Gasteiger partial charge is 0.494 e. The molecular weight excluding hydrogens is 288 g/mol. The highest BCUT2D eigenvalue weighted by Gasteiger charge is 2.25. The van der Waals surface area contributed by atoms with E-state index in [4.69, 9.17) is 4.74 Å². The molecule has 0 radical (unpaired) electrons. The number of carbonyl (C=O) groups excluding carboxylic acids is 1. The lowest BCUT2D eigenvalue weighted by molar-refractivity contribution is -0.125. The Morgan fingerprint density at radius 3 is 2.81 bits per heavy atom. The third kappa shape index (κ3) is 4.61. The number of hydrogen-bond donors (Lipinski definition) is 2. The van der Waals surface area contributed by atoms with E-state index in [1.54, 1.807) is 0 Å². The summed E-state index contributed by atoms with van der Waals surface area (Å²) >= 11 is 0. The quantitative estimate of drug-likeness (QED) is 0.849. The molecule has 1 saturated heterocycles. The van der Waals surface area contributed by atoms with Crippen LogP contribution in [0.25, 0.3) is 0 Å². The molecule has 0 spiro atoms. The number of nitrogens with one attached hydrogen (secondary N) is 2. The Balaban J connectivity index is 0.00000220. The Labute approximate surface area is 133 Å². The van der Waals surface area contributed by atoms with Crippen LogP contribution in [-0.2, 0) is 4.79 Å². The van der Waals surface area contributed by atoms with Crippen molar-refractivity contribution < 1.29 is 9.53 Å². The Hall–Kier alpha value is -1.26. The third-order valence-corrected chi connectivity index (χ3v) is 3.75. The lowest BCUT2D eigenvalue weighted by Gasteiger charge is -2.22. The molecule has 2 unspecified atom stereocenters. The summed E-state index contributed by atoms with van der Waals surface area (Å²) in [7, 11) is 0. The molecule has 1 aromatic rings. The lowest BCUT2D eigenvalue weighted by Crippen LogP contribution is -2.34. The van der Waals surface area contributed by atoms with Gasteiger partial charge in [0.25, 0.3) is 0 Å². The fourth-order valence-electron chi connectivity index (χ4n) is 2.62. The van der Waals surface area contributed by atoms with Crippen LogP contribution in [0.15, 0.2) is 24.3 Å². The first-order chi connectivity index (χ1) is 9.76. The number of halogens is 1. The second kappa shape index (κ2) is 8.90. The van der Waals surface area contributed by atoms with Crippen molar-refractivity contribution in [3.05, 3.63) is 29.8 Å². The maximum atomic E-state index is 12.3. The molecule has 0 saturated carbocycles. The molecule has 0 aromatic heterocycles. The highest BCUT2D eigenvalue weighted by molar-refractivity contribution is 5.85. The van der Waals surface area contributed by atoms with Gasteiger partial charge in [-0.15, -0.1) is 12.4 Å². The van der Waals surface area contributed by atoms with Crippen molar-refractivity contribution in [2.24, 2.45) is 5.92 Å². The number of benzene rings is 1. The van der Waals surface area contributed by atoms with Gasteiger partial charge in [0, 0.05) is 12.1 Å². The molecule has 2 rings (SSSR count). The summed E-state index contributed by atoms with van der Waals surface area (Å²) in [4.78, 5) is 12.3. The number of ether oxygens (including phenoxy) is 1. The van der Waals surface area contributed by atoms with Gasteiger partial charge in [0.2, 0.25) is 5.91 Å². The van der Waals surface area contributed by atoms with E-state index < -0.39 is 0 Å². The number of para-hydroxylation sites is 1. The molecule has 1 heterocycles. The van der Waals surface area contributed by atoms with Crippen LogP contribution in [0.5, 0.6) is 5.75 Å². The molecule has 1 fully saturated rings. The van der Waals surface area contributed by atoms with Gasteiger partial charge in [-0.25, -0.2) is 0 Å². The molecule has 2 N–H and O–H groups in total. The van der Waals surface area contributed by atoms with E-state index >= 15 is 0 Å². The van der Waals surface area contributed by atoms with E-state index in [9.17, 15) is 4.79 Å². The first-order valence-corrected chi connectivity index (χ1v) is 7.49. The zero-order chi connectivity index (χ0) is 14.4. The molecule has 2 atom stereocenters. The highest BCUT2D eigenvalue weighted by atomic mass is 35.5. The minimum atomic E-state index is 0. The van der Waals surface area contributed by atoms with Gasteiger partial charge in [-0.2, -0.15) is 0 Å². The van der Waals surface area contributed by atoms with E-state index in [1.807, 2.05) is 31.2 Å². The Bertz CT molecular complexity index is 448. The zero-order valence-electron chi connectivity index (χ0n) is 12.7. The van der Waals surface area contributed by atoms with Gasteiger partial charge >= 0.3 is 0 Å². The SMILES string of the molecule is CCOc1ccccc1C(CC)NC(=O)C1CCNC1.Cl. The van der Waals surface area contributed by atoms with Crippen molar-refractivity contribution in [2.75, 3.05) is 19.7 Å². The maximum absolute atomic E-state index is 12.3. The van der Waals surface area contributed by atoms with Gasteiger partial charge in [0.15, 0.2) is 0 Å². The predicted molar refractivity (Wildman–Crippen MR) is 87.0 cm³/mol. The molecule has 1 aliphatic heterocycles. The summed E-state index contributed by atoms with van der Waals surface area (Å²) in [6, 6.07) is 7.97. The first kappa shape index (κ1) is 17.8. The number of hydrogen-bond acceptors (Lipinski definition) is 3. The number of amides is 1. The van der Waals surface area contributed by atoms with Crippen LogP contribution in [0, 0.1) is 5.92 Å². The number of rotatable bonds is 6. The molecule has 0 aliphatic carbocycles. The average Bonchev–Trinajstić information content (AvgIpc) is 3.00. The summed E-state index contributed by atoms with van der Waals surface area (Å²) < 4.78 is 5.66. The fourth-order valence-corrected chi connectivity index (χ4v) is 2.62. The van der Waals surface area contributed by atoms with Crippen LogP contribution in [0.4, 0.5) is 0 Å². The first-order valence-electron chi connectivity index (χ1n) is 7.49. The topological polar surface area (TPSA) is 50.4 Å². The van der Waals surface area contributed by atoms with Gasteiger partial charge in [-0.3, -0.25) is 4.79 Å². The van der Waals surface area contributed by atoms with Crippen molar-refractivity contribution in [3.63, 3.8) is 0 Å². The van der Waals surface area contributed by atoms with Crippen LogP contribution in [-0.4, -0.2) is 25.6 Å². The van der Waals surface area contributed by atoms with Crippen LogP contribution < -0.4 is 15.4 Å². The minimum absolute atomic E-state index is 0. The summed E-state index contributed by atoms with van der Waals surface area (Å²) in [5.41, 5.74) is 1.07. The van der Waals surface area contributed by atoms with E-state index in [0.29, 0.717) is 6.61 Å². The molecule has 21 heavy (non-hydrogen) atoms. The summed E-state index contributed by atoms with van der Waals surface area (Å²) in [5, 5.41) is 6.40. The van der Waals surface area contributed by atoms with Crippen LogP contribution in [0.1, 0.15) is 38.3 Å². The van der Waals surface area contributed by atoms with Crippen molar-refractivity contribution in [2.45, 2.75) is 32.7 Å². The highest BCUT2D eigenvalue weighted by Crippen LogP contribution is 2.27. The van der Waals surface area contributed by atoms with Gasteiger partial charge in [-0.05, 0) is 32.4 Å². The molecule has 118 valence electrons. The molecular formula is C16H25ClN2O2. The summed E-state index contributed by atoms with van der Waals surface area (Å²) in [6.45, 7) is 6.41. The maximum Gasteiger partial charge on any atom is 0.224 e. The van der Waals surface area contributed by atoms with Crippen molar-refractivity contribution in [1.82, 2.24) is 10.6 Å². The van der Waals surface area contributed by atoms with Crippen molar-refractivity contribution in [1.29, 1.82) is 0 Å². The summed E-state index contributed by atoms with van der Waals surface area (Å²) in [5.74, 6) is 1.11. The van der Waals surface area contributed by atoms with Gasteiger partial charge in [0.1, 0.15) is 5.75 Å². The van der Waals surface area contributed by atoms with Crippen LogP contribution in [0.3, 0.4) is 0 Å². The molecule has 1 amide bonds. The second-order valence-electron chi connectivity index (χ2n) is 5.13. The van der Waals surface area contributed by atoms with E-state index in [2.05, 4.69) is 17.6 Å². The fraction of sp³-hybridized carbons (Fsp3) is 0.562. The molecule has 0 bridgehead atoms. The van der Waals surface area contributed by atoms with E-state index in [-0.39, 0.29) is 30.3 Å². The van der Waals surface area contributed by atoms with Crippen molar-refractivity contribution in [3.8, 4) is 5.75 Å². The van der Waals surface area contributed by atoms with E-state index in [0.717, 1.165) is 37.2 Å². The Morgan fingerprint density at radius 1 is 1.43 bits per heavy atom. The van der Waals surface area contributed by atoms with Gasteiger partial charge < -0.3 is 15.4 Å². The third-order valence-electron chi connectivity index (χ3n) is 3.75. The average molecular weight is 313 g/mol. The standard InChI is InChI=1S/C16H24N2O2.ClH/c1-3-14(18-16(19)12-9-10-17-11-12)13-7-5-6-8-15(13)20-4-2;/h5-8,12,14,17H,3-4,9-11H2,1-2H3,(H,18,19);1H. The molecule has 4 nitrogen and oxygen atoms in total. The minimum Gasteiger partial charge on any atom is -0.494 e. The Morgan fingerprint density at radius 2 is 2.19 bits per heavy atom.